The summed E-state index contributed by atoms with van der Waals surface area (Å²) in [6.45, 7) is 3.99. The number of nitrogens with one attached hydrogen (secondary N) is 1. The first-order valence-electron chi connectivity index (χ1n) is 5.30. The molecule has 0 bridgehead atoms. The van der Waals surface area contributed by atoms with Gasteiger partial charge in [0.2, 0.25) is 0 Å². The van der Waals surface area contributed by atoms with Crippen LogP contribution in [0.5, 0.6) is 0 Å². The monoisotopic (exact) mass is 204 g/mol. The molecule has 2 rings (SSSR count). The zero-order valence-electron chi connectivity index (χ0n) is 9.20. The Labute approximate surface area is 89.3 Å². The van der Waals surface area contributed by atoms with E-state index in [-0.39, 0.29) is 0 Å². The molecule has 15 heavy (non-hydrogen) atoms. The Bertz CT molecular complexity index is 447. The number of fused-ring (bicyclic) bond motifs is 1. The molecule has 4 heteroatoms. The predicted molar refractivity (Wildman–Crippen MR) is 60.5 cm³/mol. The van der Waals surface area contributed by atoms with Crippen LogP contribution in [0.3, 0.4) is 0 Å². The summed E-state index contributed by atoms with van der Waals surface area (Å²) in [6, 6.07) is 3.91. The van der Waals surface area contributed by atoms with Gasteiger partial charge < -0.3 is 9.88 Å². The molecule has 0 fully saturated rings. The lowest BCUT2D eigenvalue weighted by Crippen LogP contribution is -2.16. The fourth-order valence-electron chi connectivity index (χ4n) is 1.61. The van der Waals surface area contributed by atoms with E-state index in [0.29, 0.717) is 0 Å². The van der Waals surface area contributed by atoms with Crippen molar-refractivity contribution in [3.05, 3.63) is 24.2 Å². The van der Waals surface area contributed by atoms with Crippen molar-refractivity contribution < 1.29 is 0 Å². The smallest absolute Gasteiger partial charge is 0.159 e. The molecule has 0 radical (unpaired) electrons. The summed E-state index contributed by atoms with van der Waals surface area (Å²) in [4.78, 5) is 8.82. The lowest BCUT2D eigenvalue weighted by molar-refractivity contribution is 0.633. The molecular weight excluding hydrogens is 188 g/mol. The van der Waals surface area contributed by atoms with Crippen LogP contribution < -0.4 is 5.32 Å². The molecule has 0 atom stereocenters. The average Bonchev–Trinajstić information content (AvgIpc) is 2.57. The van der Waals surface area contributed by atoms with Gasteiger partial charge in [0.25, 0.3) is 0 Å². The van der Waals surface area contributed by atoms with Gasteiger partial charge in [-0.3, -0.25) is 0 Å². The molecule has 1 N–H and O–H groups in total. The zero-order valence-corrected chi connectivity index (χ0v) is 9.20. The Balaban J connectivity index is 2.24. The van der Waals surface area contributed by atoms with Gasteiger partial charge in [-0.05, 0) is 25.1 Å². The second-order valence-electron chi connectivity index (χ2n) is 3.61. The third-order valence-electron chi connectivity index (χ3n) is 2.43. The first-order valence-corrected chi connectivity index (χ1v) is 5.30. The summed E-state index contributed by atoms with van der Waals surface area (Å²) in [5.74, 6) is 1.04. The molecule has 0 aliphatic rings. The Morgan fingerprint density at radius 3 is 3.07 bits per heavy atom. The number of aromatic nitrogens is 3. The first-order chi connectivity index (χ1) is 7.33. The van der Waals surface area contributed by atoms with Gasteiger partial charge >= 0.3 is 0 Å². The third-order valence-corrected chi connectivity index (χ3v) is 2.43. The largest absolute Gasteiger partial charge is 0.315 e. The van der Waals surface area contributed by atoms with Gasteiger partial charge in [-0.1, -0.05) is 6.92 Å². The maximum absolute atomic E-state index is 4.52. The average molecular weight is 204 g/mol. The molecule has 0 amide bonds. The number of rotatable bonds is 4. The predicted octanol–water partition coefficient (Wildman–Crippen LogP) is 1.47. The highest BCUT2D eigenvalue weighted by Gasteiger charge is 2.06. The van der Waals surface area contributed by atoms with Crippen LogP contribution in [0.25, 0.3) is 11.2 Å². The van der Waals surface area contributed by atoms with E-state index in [4.69, 9.17) is 0 Å². The summed E-state index contributed by atoms with van der Waals surface area (Å²) >= 11 is 0. The maximum Gasteiger partial charge on any atom is 0.159 e. The molecule has 0 aliphatic carbocycles. The van der Waals surface area contributed by atoms with E-state index >= 15 is 0 Å². The molecule has 0 unspecified atom stereocenters. The maximum atomic E-state index is 4.52. The summed E-state index contributed by atoms with van der Waals surface area (Å²) < 4.78 is 2.04. The SMILES string of the molecule is CCCNCc1nc2cccnc2n1C. The molecule has 0 spiro atoms. The van der Waals surface area contributed by atoms with E-state index in [2.05, 4.69) is 22.2 Å². The minimum atomic E-state index is 0.806. The zero-order chi connectivity index (χ0) is 10.7. The lowest BCUT2D eigenvalue weighted by atomic mass is 10.4. The second kappa shape index (κ2) is 4.40. The van der Waals surface area contributed by atoms with E-state index in [1.54, 1.807) is 6.20 Å². The van der Waals surface area contributed by atoms with E-state index in [1.807, 2.05) is 23.7 Å². The van der Waals surface area contributed by atoms with Crippen LogP contribution in [0.2, 0.25) is 0 Å². The van der Waals surface area contributed by atoms with Gasteiger partial charge in [0.15, 0.2) is 5.65 Å². The second-order valence-corrected chi connectivity index (χ2v) is 3.61. The van der Waals surface area contributed by atoms with Crippen LogP contribution in [-0.4, -0.2) is 21.1 Å². The molecule has 2 aromatic rings. The Hall–Kier alpha value is -1.42. The van der Waals surface area contributed by atoms with Crippen LogP contribution in [0, 0.1) is 0 Å². The van der Waals surface area contributed by atoms with Gasteiger partial charge in [0.05, 0.1) is 6.54 Å². The van der Waals surface area contributed by atoms with Gasteiger partial charge in [-0.2, -0.15) is 0 Å². The van der Waals surface area contributed by atoms with Crippen LogP contribution in [0.1, 0.15) is 19.2 Å². The molecule has 4 nitrogen and oxygen atoms in total. The first kappa shape index (κ1) is 10.1. The molecule has 0 saturated heterocycles. The van der Waals surface area contributed by atoms with Crippen molar-refractivity contribution in [3.8, 4) is 0 Å². The molecular formula is C11H16N4. The van der Waals surface area contributed by atoms with Crippen molar-refractivity contribution in [1.82, 2.24) is 19.9 Å². The van der Waals surface area contributed by atoms with E-state index < -0.39 is 0 Å². The van der Waals surface area contributed by atoms with Crippen LogP contribution in [-0.2, 0) is 13.6 Å². The van der Waals surface area contributed by atoms with E-state index in [1.165, 1.54) is 0 Å². The molecule has 0 saturated carbocycles. The summed E-state index contributed by atoms with van der Waals surface area (Å²) in [6.07, 6.45) is 2.94. The minimum absolute atomic E-state index is 0.806. The number of imidazole rings is 1. The van der Waals surface area contributed by atoms with Gasteiger partial charge in [-0.15, -0.1) is 0 Å². The number of pyridine rings is 1. The summed E-state index contributed by atoms with van der Waals surface area (Å²) in [5.41, 5.74) is 1.92. The van der Waals surface area contributed by atoms with Crippen molar-refractivity contribution in [2.75, 3.05) is 6.54 Å². The number of hydrogen-bond donors (Lipinski definition) is 1. The molecule has 80 valence electrons. The third kappa shape index (κ3) is 1.99. The van der Waals surface area contributed by atoms with Crippen LogP contribution >= 0.6 is 0 Å². The van der Waals surface area contributed by atoms with E-state index in [0.717, 1.165) is 36.5 Å². The highest BCUT2D eigenvalue weighted by atomic mass is 15.1. The van der Waals surface area contributed by atoms with Crippen LogP contribution in [0.15, 0.2) is 18.3 Å². The summed E-state index contributed by atoms with van der Waals surface area (Å²) in [5, 5.41) is 3.34. The highest BCUT2D eigenvalue weighted by molar-refractivity contribution is 5.70. The van der Waals surface area contributed by atoms with Crippen molar-refractivity contribution in [1.29, 1.82) is 0 Å². The van der Waals surface area contributed by atoms with Crippen molar-refractivity contribution in [2.45, 2.75) is 19.9 Å². The Morgan fingerprint density at radius 1 is 1.47 bits per heavy atom. The minimum Gasteiger partial charge on any atom is -0.315 e. The van der Waals surface area contributed by atoms with E-state index in [9.17, 15) is 0 Å². The standard InChI is InChI=1S/C11H16N4/c1-3-6-12-8-10-14-9-5-4-7-13-11(9)15(10)2/h4-5,7,12H,3,6,8H2,1-2H3. The Kier molecular flexibility index (Phi) is 2.97. The quantitative estimate of drug-likeness (QED) is 0.767. The lowest BCUT2D eigenvalue weighted by Gasteiger charge is -2.02. The van der Waals surface area contributed by atoms with Gasteiger partial charge in [0, 0.05) is 13.2 Å². The normalized spacial score (nSPS) is 11.1. The van der Waals surface area contributed by atoms with Gasteiger partial charge in [0.1, 0.15) is 11.3 Å². The van der Waals surface area contributed by atoms with Crippen LogP contribution in [0.4, 0.5) is 0 Å². The van der Waals surface area contributed by atoms with Crippen molar-refractivity contribution in [3.63, 3.8) is 0 Å². The fraction of sp³-hybridized carbons (Fsp3) is 0.455. The molecule has 2 aromatic heterocycles. The number of aryl methyl sites for hydroxylation is 1. The van der Waals surface area contributed by atoms with Crippen molar-refractivity contribution in [2.24, 2.45) is 7.05 Å². The topological polar surface area (TPSA) is 42.7 Å². The van der Waals surface area contributed by atoms with Crippen molar-refractivity contribution >= 4 is 11.2 Å². The number of nitrogens with zero attached hydrogens (tertiary/aromatic N) is 3. The fourth-order valence-corrected chi connectivity index (χ4v) is 1.61. The highest BCUT2D eigenvalue weighted by Crippen LogP contribution is 2.10. The summed E-state index contributed by atoms with van der Waals surface area (Å²) in [7, 11) is 2.01. The Morgan fingerprint density at radius 2 is 2.33 bits per heavy atom. The molecule has 0 aliphatic heterocycles. The number of hydrogen-bond acceptors (Lipinski definition) is 3. The molecule has 0 aromatic carbocycles. The molecule has 2 heterocycles. The van der Waals surface area contributed by atoms with Gasteiger partial charge in [-0.25, -0.2) is 9.97 Å².